The van der Waals surface area contributed by atoms with E-state index in [1.165, 1.54) is 65.6 Å². The summed E-state index contributed by atoms with van der Waals surface area (Å²) in [4.78, 5) is 3.69. The number of H-pyrrole nitrogens is 1. The third-order valence-electron chi connectivity index (χ3n) is 6.67. The summed E-state index contributed by atoms with van der Waals surface area (Å²) in [5.74, 6) is 0. The molecule has 1 aliphatic rings. The normalized spacial score (nSPS) is 13.2. The molecule has 0 bridgehead atoms. The van der Waals surface area contributed by atoms with E-state index in [0.717, 1.165) is 12.8 Å². The molecule has 136 valence electrons. The molecule has 1 N–H and O–H groups in total. The van der Waals surface area contributed by atoms with Gasteiger partial charge < -0.3 is 4.98 Å². The Morgan fingerprint density at radius 3 is 2.28 bits per heavy atom. The van der Waals surface area contributed by atoms with Crippen LogP contribution in [0.2, 0.25) is 0 Å². The molecule has 1 heterocycles. The van der Waals surface area contributed by atoms with Gasteiger partial charge in [0.25, 0.3) is 0 Å². The molecule has 1 aromatic heterocycles. The van der Waals surface area contributed by atoms with Crippen molar-refractivity contribution in [3.63, 3.8) is 0 Å². The fraction of sp³-hybridized carbons (Fsp3) is 0.0714. The predicted octanol–water partition coefficient (Wildman–Crippen LogP) is 7.39. The summed E-state index contributed by atoms with van der Waals surface area (Å²) in [6.07, 6.45) is 2.22. The van der Waals surface area contributed by atoms with E-state index >= 15 is 0 Å². The SMILES string of the molecule is c1ccc2cc3c(cc2c1)[nH]c1ccc2c(c13)-c1ccc3ccccc3c1CC2. The van der Waals surface area contributed by atoms with E-state index in [4.69, 9.17) is 0 Å². The summed E-state index contributed by atoms with van der Waals surface area (Å²) >= 11 is 0. The van der Waals surface area contributed by atoms with Crippen molar-refractivity contribution in [1.29, 1.82) is 0 Å². The Bertz CT molecular complexity index is 1600. The van der Waals surface area contributed by atoms with Crippen LogP contribution >= 0.6 is 0 Å². The highest BCUT2D eigenvalue weighted by Gasteiger charge is 2.22. The van der Waals surface area contributed by atoms with Crippen molar-refractivity contribution in [3.05, 3.63) is 96.1 Å². The van der Waals surface area contributed by atoms with Crippen LogP contribution in [0.1, 0.15) is 11.1 Å². The molecule has 0 atom stereocenters. The highest BCUT2D eigenvalue weighted by Crippen LogP contribution is 2.44. The minimum absolute atomic E-state index is 1.10. The van der Waals surface area contributed by atoms with Crippen molar-refractivity contribution in [3.8, 4) is 11.1 Å². The maximum atomic E-state index is 3.69. The first-order valence-corrected chi connectivity index (χ1v) is 10.3. The van der Waals surface area contributed by atoms with Crippen LogP contribution in [0.5, 0.6) is 0 Å². The maximum absolute atomic E-state index is 3.69. The van der Waals surface area contributed by atoms with E-state index in [1.54, 1.807) is 0 Å². The largest absolute Gasteiger partial charge is 0.354 e. The third kappa shape index (κ3) is 2.05. The van der Waals surface area contributed by atoms with E-state index < -0.39 is 0 Å². The van der Waals surface area contributed by atoms with Gasteiger partial charge in [-0.2, -0.15) is 0 Å². The number of aryl methyl sites for hydroxylation is 2. The average Bonchev–Trinajstić information content (AvgIpc) is 3.14. The number of hydrogen-bond donors (Lipinski definition) is 1. The van der Waals surface area contributed by atoms with Crippen LogP contribution in [0.4, 0.5) is 0 Å². The topological polar surface area (TPSA) is 15.8 Å². The van der Waals surface area contributed by atoms with Crippen LogP contribution in [0.25, 0.3) is 54.5 Å². The van der Waals surface area contributed by atoms with Gasteiger partial charge in [0.05, 0.1) is 0 Å². The van der Waals surface area contributed by atoms with Gasteiger partial charge in [-0.25, -0.2) is 0 Å². The second-order valence-corrected chi connectivity index (χ2v) is 8.21. The summed E-state index contributed by atoms with van der Waals surface area (Å²) in [7, 11) is 0. The number of benzene rings is 5. The Hall–Kier alpha value is -3.58. The van der Waals surface area contributed by atoms with E-state index in [0.29, 0.717) is 0 Å². The number of rotatable bonds is 0. The zero-order valence-corrected chi connectivity index (χ0v) is 16.0. The van der Waals surface area contributed by atoms with Crippen LogP contribution in [0, 0.1) is 0 Å². The molecule has 6 aromatic rings. The number of hydrogen-bond acceptors (Lipinski definition) is 0. The lowest BCUT2D eigenvalue weighted by Crippen LogP contribution is -2.05. The third-order valence-corrected chi connectivity index (χ3v) is 6.67. The summed E-state index contributed by atoms with van der Waals surface area (Å²) < 4.78 is 0. The molecule has 0 amide bonds. The molecule has 0 unspecified atom stereocenters. The van der Waals surface area contributed by atoms with Gasteiger partial charge in [-0.3, -0.25) is 0 Å². The lowest BCUT2D eigenvalue weighted by Gasteiger charge is -2.22. The molecule has 1 heteroatoms. The maximum Gasteiger partial charge on any atom is 0.0471 e. The van der Waals surface area contributed by atoms with Crippen LogP contribution in [-0.4, -0.2) is 4.98 Å². The van der Waals surface area contributed by atoms with Crippen LogP contribution in [0.3, 0.4) is 0 Å². The highest BCUT2D eigenvalue weighted by atomic mass is 14.7. The Balaban J connectivity index is 1.65. The van der Waals surface area contributed by atoms with Crippen LogP contribution in [-0.2, 0) is 12.8 Å². The van der Waals surface area contributed by atoms with Crippen molar-refractivity contribution >= 4 is 43.4 Å². The van der Waals surface area contributed by atoms with Crippen LogP contribution < -0.4 is 0 Å². The fourth-order valence-corrected chi connectivity index (χ4v) is 5.34. The minimum Gasteiger partial charge on any atom is -0.354 e. The quantitative estimate of drug-likeness (QED) is 0.287. The van der Waals surface area contributed by atoms with Crippen molar-refractivity contribution in [1.82, 2.24) is 4.98 Å². The molecule has 29 heavy (non-hydrogen) atoms. The molecular formula is C28H19N. The monoisotopic (exact) mass is 369 g/mol. The minimum atomic E-state index is 1.10. The fourth-order valence-electron chi connectivity index (χ4n) is 5.34. The van der Waals surface area contributed by atoms with Crippen molar-refractivity contribution < 1.29 is 0 Å². The zero-order chi connectivity index (χ0) is 18.9. The molecule has 0 radical (unpaired) electrons. The van der Waals surface area contributed by atoms with E-state index in [2.05, 4.69) is 89.9 Å². The van der Waals surface area contributed by atoms with E-state index in [1.807, 2.05) is 0 Å². The number of aromatic amines is 1. The summed E-state index contributed by atoms with van der Waals surface area (Å²) in [6, 6.07) is 31.3. The molecule has 0 fully saturated rings. The Labute approximate surface area is 168 Å². The predicted molar refractivity (Wildman–Crippen MR) is 124 cm³/mol. The summed E-state index contributed by atoms with van der Waals surface area (Å²) in [5.41, 5.74) is 8.25. The van der Waals surface area contributed by atoms with Gasteiger partial charge in [0.2, 0.25) is 0 Å². The summed E-state index contributed by atoms with van der Waals surface area (Å²) in [5, 5.41) is 8.03. The standard InChI is InChI=1S/C28H19N/c1-2-7-20-16-26-24(15-19(20)6-1)28-25(29-26)14-11-18-10-12-22-21-8-4-3-5-17(21)9-13-23(22)27(18)28/h1-9,11,13-16,29H,10,12H2. The van der Waals surface area contributed by atoms with Gasteiger partial charge in [-0.05, 0) is 74.8 Å². The highest BCUT2D eigenvalue weighted by molar-refractivity contribution is 6.18. The van der Waals surface area contributed by atoms with Crippen molar-refractivity contribution in [2.24, 2.45) is 0 Å². The molecule has 5 aromatic carbocycles. The second-order valence-electron chi connectivity index (χ2n) is 8.21. The van der Waals surface area contributed by atoms with Crippen molar-refractivity contribution in [2.75, 3.05) is 0 Å². The first-order valence-electron chi connectivity index (χ1n) is 10.3. The molecule has 1 aliphatic carbocycles. The van der Waals surface area contributed by atoms with Crippen molar-refractivity contribution in [2.45, 2.75) is 12.8 Å². The first-order chi connectivity index (χ1) is 14.4. The van der Waals surface area contributed by atoms with Gasteiger partial charge in [-0.15, -0.1) is 0 Å². The molecule has 0 saturated carbocycles. The lowest BCUT2D eigenvalue weighted by atomic mass is 9.81. The molecular weight excluding hydrogens is 350 g/mol. The summed E-state index contributed by atoms with van der Waals surface area (Å²) in [6.45, 7) is 0. The first kappa shape index (κ1) is 15.4. The van der Waals surface area contributed by atoms with Gasteiger partial charge in [0.1, 0.15) is 0 Å². The Kier molecular flexibility index (Phi) is 2.90. The number of aromatic nitrogens is 1. The van der Waals surface area contributed by atoms with E-state index in [9.17, 15) is 0 Å². The Morgan fingerprint density at radius 1 is 0.586 bits per heavy atom. The van der Waals surface area contributed by atoms with Gasteiger partial charge in [0.15, 0.2) is 0 Å². The van der Waals surface area contributed by atoms with Gasteiger partial charge >= 0.3 is 0 Å². The second kappa shape index (κ2) is 5.48. The molecule has 0 aliphatic heterocycles. The van der Waals surface area contributed by atoms with Gasteiger partial charge in [-0.1, -0.05) is 66.7 Å². The average molecular weight is 369 g/mol. The number of fused-ring (bicyclic) bond motifs is 10. The molecule has 7 rings (SSSR count). The zero-order valence-electron chi connectivity index (χ0n) is 16.0. The number of nitrogens with one attached hydrogen (secondary N) is 1. The molecule has 1 nitrogen and oxygen atoms in total. The lowest BCUT2D eigenvalue weighted by molar-refractivity contribution is 0.954. The Morgan fingerprint density at radius 2 is 1.38 bits per heavy atom. The molecule has 0 saturated heterocycles. The van der Waals surface area contributed by atoms with Crippen LogP contribution in [0.15, 0.2) is 84.9 Å². The van der Waals surface area contributed by atoms with Gasteiger partial charge in [0, 0.05) is 21.8 Å². The smallest absolute Gasteiger partial charge is 0.0471 e. The van der Waals surface area contributed by atoms with E-state index in [-0.39, 0.29) is 0 Å². The molecule has 0 spiro atoms.